The number of aromatic nitrogens is 3. The largest absolute Gasteiger partial charge is 0.342 e. The summed E-state index contributed by atoms with van der Waals surface area (Å²) in [6.07, 6.45) is 2.34. The Balaban J connectivity index is 1.79. The molecular formula is C25H26Cl3N5O2S. The third kappa shape index (κ3) is 7.49. The molecule has 0 fully saturated rings. The molecule has 36 heavy (non-hydrogen) atoms. The van der Waals surface area contributed by atoms with Gasteiger partial charge in [-0.15, -0.1) is 16.8 Å². The zero-order valence-corrected chi connectivity index (χ0v) is 22.9. The lowest BCUT2D eigenvalue weighted by atomic mass is 10.0. The first-order valence-corrected chi connectivity index (χ1v) is 13.3. The van der Waals surface area contributed by atoms with Crippen molar-refractivity contribution in [2.24, 2.45) is 5.92 Å². The molecule has 2 amide bonds. The number of allylic oxidation sites excluding steroid dienone is 1. The first kappa shape index (κ1) is 28.1. The Bertz CT molecular complexity index is 1250. The molecular weight excluding hydrogens is 541 g/mol. The number of nitrogens with one attached hydrogen (secondary N) is 2. The molecule has 190 valence electrons. The Labute approximate surface area is 229 Å². The third-order valence-corrected chi connectivity index (χ3v) is 6.90. The van der Waals surface area contributed by atoms with E-state index in [-0.39, 0.29) is 23.5 Å². The van der Waals surface area contributed by atoms with E-state index in [1.54, 1.807) is 48.5 Å². The normalized spacial score (nSPS) is 11.8. The predicted octanol–water partition coefficient (Wildman–Crippen LogP) is 6.67. The fourth-order valence-electron chi connectivity index (χ4n) is 3.46. The molecule has 0 aliphatic rings. The van der Waals surface area contributed by atoms with Gasteiger partial charge < -0.3 is 15.2 Å². The molecule has 1 atom stereocenters. The number of hydrogen-bond acceptors (Lipinski definition) is 5. The molecule has 0 saturated carbocycles. The van der Waals surface area contributed by atoms with Crippen LogP contribution in [-0.4, -0.2) is 32.3 Å². The number of benzene rings is 2. The lowest BCUT2D eigenvalue weighted by Crippen LogP contribution is -2.32. The van der Waals surface area contributed by atoms with Crippen molar-refractivity contribution in [3.8, 4) is 0 Å². The number of halogens is 3. The Morgan fingerprint density at radius 1 is 1.11 bits per heavy atom. The van der Waals surface area contributed by atoms with Crippen LogP contribution in [0.5, 0.6) is 0 Å². The van der Waals surface area contributed by atoms with E-state index in [4.69, 9.17) is 34.8 Å². The van der Waals surface area contributed by atoms with E-state index in [9.17, 15) is 9.59 Å². The molecule has 0 aliphatic heterocycles. The molecule has 2 aromatic carbocycles. The van der Waals surface area contributed by atoms with Gasteiger partial charge in [0.25, 0.3) is 5.91 Å². The summed E-state index contributed by atoms with van der Waals surface area (Å²) in [5, 5.41) is 16.2. The number of hydrogen-bond donors (Lipinski definition) is 2. The minimum absolute atomic E-state index is 0.0684. The Kier molecular flexibility index (Phi) is 10.2. The van der Waals surface area contributed by atoms with Crippen molar-refractivity contribution in [3.63, 3.8) is 0 Å². The second-order valence-corrected chi connectivity index (χ2v) is 10.5. The number of carbonyl (C=O) groups excluding carboxylic acids is 2. The molecule has 0 radical (unpaired) electrons. The molecule has 3 rings (SSSR count). The maximum absolute atomic E-state index is 13.0. The number of carbonyl (C=O) groups is 2. The average Bonchev–Trinajstić information content (AvgIpc) is 3.22. The molecule has 0 saturated heterocycles. The van der Waals surface area contributed by atoms with Crippen LogP contribution < -0.4 is 10.6 Å². The van der Waals surface area contributed by atoms with E-state index in [0.29, 0.717) is 50.3 Å². The molecule has 3 aromatic rings. The number of nitrogens with zero attached hydrogens (tertiary/aromatic N) is 3. The summed E-state index contributed by atoms with van der Waals surface area (Å²) in [6, 6.07) is 11.3. The minimum Gasteiger partial charge on any atom is -0.342 e. The van der Waals surface area contributed by atoms with Crippen LogP contribution in [0.4, 0.5) is 5.69 Å². The first-order chi connectivity index (χ1) is 17.2. The van der Waals surface area contributed by atoms with Crippen LogP contribution in [0.3, 0.4) is 0 Å². The van der Waals surface area contributed by atoms with Gasteiger partial charge in [-0.1, -0.05) is 78.6 Å². The van der Waals surface area contributed by atoms with Crippen LogP contribution in [0.25, 0.3) is 0 Å². The van der Waals surface area contributed by atoms with Crippen molar-refractivity contribution < 1.29 is 9.59 Å². The highest BCUT2D eigenvalue weighted by atomic mass is 35.5. The van der Waals surface area contributed by atoms with Crippen molar-refractivity contribution in [2.45, 2.75) is 38.0 Å². The van der Waals surface area contributed by atoms with E-state index in [1.807, 2.05) is 4.57 Å². The van der Waals surface area contributed by atoms with Gasteiger partial charge in [-0.2, -0.15) is 0 Å². The fraction of sp³-hybridized carbons (Fsp3) is 0.280. The zero-order valence-electron chi connectivity index (χ0n) is 19.8. The molecule has 1 aromatic heterocycles. The number of amides is 2. The Morgan fingerprint density at radius 2 is 1.86 bits per heavy atom. The Hall–Kier alpha value is -2.52. The molecule has 2 N–H and O–H groups in total. The van der Waals surface area contributed by atoms with Gasteiger partial charge in [0.1, 0.15) is 0 Å². The van der Waals surface area contributed by atoms with Crippen molar-refractivity contribution in [2.75, 3.05) is 11.1 Å². The molecule has 0 aliphatic carbocycles. The summed E-state index contributed by atoms with van der Waals surface area (Å²) in [6.45, 7) is 8.35. The smallest absolute Gasteiger partial charge is 0.253 e. The van der Waals surface area contributed by atoms with Crippen molar-refractivity contribution in [3.05, 3.63) is 81.6 Å². The quantitative estimate of drug-likeness (QED) is 0.200. The molecule has 0 unspecified atom stereocenters. The summed E-state index contributed by atoms with van der Waals surface area (Å²) in [7, 11) is 0. The maximum atomic E-state index is 13.0. The van der Waals surface area contributed by atoms with Crippen molar-refractivity contribution in [1.82, 2.24) is 20.1 Å². The van der Waals surface area contributed by atoms with Gasteiger partial charge >= 0.3 is 0 Å². The summed E-state index contributed by atoms with van der Waals surface area (Å²) in [4.78, 5) is 25.6. The highest BCUT2D eigenvalue weighted by molar-refractivity contribution is 7.99. The summed E-state index contributed by atoms with van der Waals surface area (Å²) >= 11 is 19.6. The van der Waals surface area contributed by atoms with Gasteiger partial charge in [0.15, 0.2) is 11.0 Å². The molecule has 0 bridgehead atoms. The highest BCUT2D eigenvalue weighted by Gasteiger charge is 2.25. The van der Waals surface area contributed by atoms with Gasteiger partial charge in [-0.3, -0.25) is 9.59 Å². The lowest BCUT2D eigenvalue weighted by molar-refractivity contribution is -0.113. The number of rotatable bonds is 11. The van der Waals surface area contributed by atoms with Gasteiger partial charge in [-0.25, -0.2) is 0 Å². The maximum Gasteiger partial charge on any atom is 0.253 e. The van der Waals surface area contributed by atoms with E-state index >= 15 is 0 Å². The second-order valence-electron chi connectivity index (χ2n) is 8.34. The van der Waals surface area contributed by atoms with Crippen LogP contribution >= 0.6 is 46.6 Å². The minimum atomic E-state index is -0.422. The highest BCUT2D eigenvalue weighted by Crippen LogP contribution is 2.28. The Morgan fingerprint density at radius 3 is 2.56 bits per heavy atom. The van der Waals surface area contributed by atoms with Crippen LogP contribution in [-0.2, 0) is 11.3 Å². The molecule has 7 nitrogen and oxygen atoms in total. The standard InChI is InChI=1S/C25H26Cl3N5O2S/c1-4-11-33-23(21(12-15(2)3)30-24(35)17-7-5-6-8-18(17)27)31-32-25(33)36-14-22(34)29-20-13-16(26)9-10-19(20)28/h4-10,13,15,21H,1,11-12,14H2,2-3H3,(H,29,34)(H,30,35)/t21-/m0/s1. The van der Waals surface area contributed by atoms with Crippen molar-refractivity contribution >= 4 is 64.1 Å². The first-order valence-electron chi connectivity index (χ1n) is 11.2. The molecule has 0 spiro atoms. The number of anilines is 1. The van der Waals surface area contributed by atoms with Gasteiger partial charge in [0, 0.05) is 11.6 Å². The van der Waals surface area contributed by atoms with E-state index in [0.717, 1.165) is 0 Å². The third-order valence-electron chi connectivity index (χ3n) is 5.03. The lowest BCUT2D eigenvalue weighted by Gasteiger charge is -2.21. The van der Waals surface area contributed by atoms with Crippen LogP contribution in [0.2, 0.25) is 15.1 Å². The zero-order chi connectivity index (χ0) is 26.2. The molecule has 11 heteroatoms. The summed E-state index contributed by atoms with van der Waals surface area (Å²) in [5.74, 6) is 0.333. The van der Waals surface area contributed by atoms with Crippen LogP contribution in [0.15, 0.2) is 60.3 Å². The average molecular weight is 567 g/mol. The van der Waals surface area contributed by atoms with Gasteiger partial charge in [0.2, 0.25) is 5.91 Å². The summed E-state index contributed by atoms with van der Waals surface area (Å²) in [5.41, 5.74) is 0.816. The van der Waals surface area contributed by atoms with Crippen LogP contribution in [0, 0.1) is 5.92 Å². The monoisotopic (exact) mass is 565 g/mol. The second kappa shape index (κ2) is 13.1. The predicted molar refractivity (Wildman–Crippen MR) is 147 cm³/mol. The van der Waals surface area contributed by atoms with Gasteiger partial charge in [0.05, 0.1) is 33.1 Å². The van der Waals surface area contributed by atoms with Crippen molar-refractivity contribution in [1.29, 1.82) is 0 Å². The number of thioether (sulfide) groups is 1. The van der Waals surface area contributed by atoms with E-state index in [2.05, 4.69) is 41.3 Å². The van der Waals surface area contributed by atoms with E-state index < -0.39 is 6.04 Å². The fourth-order valence-corrected chi connectivity index (χ4v) is 4.77. The van der Waals surface area contributed by atoms with Crippen LogP contribution in [0.1, 0.15) is 42.5 Å². The van der Waals surface area contributed by atoms with Gasteiger partial charge in [-0.05, 0) is 42.7 Å². The SMILES string of the molecule is C=CCn1c(SCC(=O)Nc2cc(Cl)ccc2Cl)nnc1[C@H](CC(C)C)NC(=O)c1ccccc1Cl. The van der Waals surface area contributed by atoms with E-state index in [1.165, 1.54) is 11.8 Å². The topological polar surface area (TPSA) is 88.9 Å². The summed E-state index contributed by atoms with van der Waals surface area (Å²) < 4.78 is 1.84. The molecule has 1 heterocycles.